The number of halogens is 2. The summed E-state index contributed by atoms with van der Waals surface area (Å²) < 4.78 is 26.8. The molecule has 0 radical (unpaired) electrons. The Balaban J connectivity index is 2.08. The molecule has 1 aliphatic carbocycles. The van der Waals surface area contributed by atoms with Crippen LogP contribution in [0.25, 0.3) is 0 Å². The summed E-state index contributed by atoms with van der Waals surface area (Å²) in [5.41, 5.74) is 4.52. The van der Waals surface area contributed by atoms with E-state index in [4.69, 9.17) is 5.73 Å². The van der Waals surface area contributed by atoms with Crippen molar-refractivity contribution in [3.8, 4) is 0 Å². The molecule has 0 heterocycles. The maximum absolute atomic E-state index is 13.4. The van der Waals surface area contributed by atoms with Crippen molar-refractivity contribution in [1.82, 2.24) is 10.2 Å². The number of hydrogen-bond acceptors (Lipinski definition) is 3. The van der Waals surface area contributed by atoms with E-state index >= 15 is 0 Å². The number of nitrogen functional groups attached to an aromatic ring is 1. The maximum Gasteiger partial charge on any atom is 0.251 e. The van der Waals surface area contributed by atoms with Crippen LogP contribution in [0.15, 0.2) is 12.1 Å². The highest BCUT2D eigenvalue weighted by molar-refractivity contribution is 5.94. The van der Waals surface area contributed by atoms with Crippen molar-refractivity contribution >= 4 is 11.6 Å². The third-order valence-electron chi connectivity index (χ3n) is 4.40. The van der Waals surface area contributed by atoms with Gasteiger partial charge >= 0.3 is 0 Å². The van der Waals surface area contributed by atoms with Gasteiger partial charge in [-0.25, -0.2) is 8.78 Å². The average molecular weight is 297 g/mol. The lowest BCUT2D eigenvalue weighted by Crippen LogP contribution is -2.50. The molecule has 0 unspecified atom stereocenters. The van der Waals surface area contributed by atoms with E-state index in [0.29, 0.717) is 6.54 Å². The highest BCUT2D eigenvalue weighted by Gasteiger charge is 2.36. The SMILES string of the molecule is CN(C)C1(CNC(=O)c2cc(F)c(N)c(F)c2)CCCC1. The van der Waals surface area contributed by atoms with Crippen molar-refractivity contribution in [1.29, 1.82) is 0 Å². The van der Waals surface area contributed by atoms with Gasteiger partial charge in [-0.1, -0.05) is 12.8 Å². The van der Waals surface area contributed by atoms with Crippen molar-refractivity contribution in [2.24, 2.45) is 0 Å². The molecular formula is C15H21F2N3O. The second-order valence-electron chi connectivity index (χ2n) is 5.86. The number of amides is 1. The van der Waals surface area contributed by atoms with Crippen LogP contribution in [0.1, 0.15) is 36.0 Å². The molecule has 4 nitrogen and oxygen atoms in total. The molecule has 0 saturated heterocycles. The van der Waals surface area contributed by atoms with Crippen LogP contribution >= 0.6 is 0 Å². The van der Waals surface area contributed by atoms with Crippen LogP contribution in [-0.2, 0) is 0 Å². The molecule has 1 amide bonds. The van der Waals surface area contributed by atoms with Gasteiger partial charge in [-0.3, -0.25) is 4.79 Å². The first-order valence-corrected chi connectivity index (χ1v) is 7.06. The van der Waals surface area contributed by atoms with Gasteiger partial charge in [0.2, 0.25) is 0 Å². The summed E-state index contributed by atoms with van der Waals surface area (Å²) >= 11 is 0. The standard InChI is InChI=1S/C15H21F2N3O/c1-20(2)15(5-3-4-6-15)9-19-14(21)10-7-11(16)13(18)12(17)8-10/h7-8H,3-6,9,18H2,1-2H3,(H,19,21). The molecule has 21 heavy (non-hydrogen) atoms. The molecule has 0 aromatic heterocycles. The first-order valence-electron chi connectivity index (χ1n) is 7.06. The predicted molar refractivity (Wildman–Crippen MR) is 78.0 cm³/mol. The summed E-state index contributed by atoms with van der Waals surface area (Å²) in [5, 5.41) is 2.78. The molecule has 0 atom stereocenters. The van der Waals surface area contributed by atoms with Gasteiger partial charge in [0, 0.05) is 17.6 Å². The Morgan fingerprint density at radius 1 is 1.29 bits per heavy atom. The minimum Gasteiger partial charge on any atom is -0.394 e. The molecular weight excluding hydrogens is 276 g/mol. The topological polar surface area (TPSA) is 58.4 Å². The van der Waals surface area contributed by atoms with Crippen molar-refractivity contribution in [3.05, 3.63) is 29.3 Å². The lowest BCUT2D eigenvalue weighted by atomic mass is 9.96. The Bertz CT molecular complexity index is 517. The Kier molecular flexibility index (Phi) is 4.46. The highest BCUT2D eigenvalue weighted by atomic mass is 19.1. The molecule has 0 spiro atoms. The molecule has 0 aliphatic heterocycles. The van der Waals surface area contributed by atoms with Gasteiger partial charge in [-0.15, -0.1) is 0 Å². The first kappa shape index (κ1) is 15.7. The normalized spacial score (nSPS) is 17.2. The van der Waals surface area contributed by atoms with Crippen LogP contribution in [-0.4, -0.2) is 37.0 Å². The van der Waals surface area contributed by atoms with Gasteiger partial charge in [0.05, 0.1) is 0 Å². The Morgan fingerprint density at radius 3 is 2.29 bits per heavy atom. The number of benzene rings is 1. The summed E-state index contributed by atoms with van der Waals surface area (Å²) in [5.74, 6) is -2.31. The Hall–Kier alpha value is -1.69. The van der Waals surface area contributed by atoms with Crippen LogP contribution in [0.4, 0.5) is 14.5 Å². The summed E-state index contributed by atoms with van der Waals surface area (Å²) in [6.07, 6.45) is 4.26. The van der Waals surface area contributed by atoms with Crippen molar-refractivity contribution in [3.63, 3.8) is 0 Å². The molecule has 2 rings (SSSR count). The number of nitrogens with one attached hydrogen (secondary N) is 1. The smallest absolute Gasteiger partial charge is 0.251 e. The average Bonchev–Trinajstić information content (AvgIpc) is 2.91. The summed E-state index contributed by atoms with van der Waals surface area (Å²) in [6, 6.07) is 1.93. The minimum atomic E-state index is -0.914. The summed E-state index contributed by atoms with van der Waals surface area (Å²) in [4.78, 5) is 14.2. The Labute approximate surface area is 123 Å². The van der Waals surface area contributed by atoms with Crippen molar-refractivity contribution < 1.29 is 13.6 Å². The van der Waals surface area contributed by atoms with E-state index in [1.165, 1.54) is 0 Å². The summed E-state index contributed by atoms with van der Waals surface area (Å²) in [6.45, 7) is 0.465. The number of nitrogens with two attached hydrogens (primary N) is 1. The fourth-order valence-electron chi connectivity index (χ4n) is 2.88. The fourth-order valence-corrected chi connectivity index (χ4v) is 2.88. The van der Waals surface area contributed by atoms with Crippen molar-refractivity contribution in [2.45, 2.75) is 31.2 Å². The van der Waals surface area contributed by atoms with Gasteiger partial charge in [-0.05, 0) is 39.1 Å². The third kappa shape index (κ3) is 3.15. The van der Waals surface area contributed by atoms with Gasteiger partial charge in [0.15, 0.2) is 0 Å². The number of carbonyl (C=O) groups excluding carboxylic acids is 1. The molecule has 3 N–H and O–H groups in total. The van der Waals surface area contributed by atoms with Gasteiger partial charge in [0.1, 0.15) is 17.3 Å². The second kappa shape index (κ2) is 5.97. The van der Waals surface area contributed by atoms with Crippen molar-refractivity contribution in [2.75, 3.05) is 26.4 Å². The van der Waals surface area contributed by atoms with E-state index in [-0.39, 0.29) is 11.1 Å². The second-order valence-corrected chi connectivity index (χ2v) is 5.86. The Morgan fingerprint density at radius 2 is 1.81 bits per heavy atom. The van der Waals surface area contributed by atoms with Crippen LogP contribution in [0, 0.1) is 11.6 Å². The molecule has 0 bridgehead atoms. The lowest BCUT2D eigenvalue weighted by Gasteiger charge is -2.36. The molecule has 1 saturated carbocycles. The van der Waals surface area contributed by atoms with Gasteiger partial charge in [0.25, 0.3) is 5.91 Å². The van der Waals surface area contributed by atoms with Crippen LogP contribution in [0.3, 0.4) is 0 Å². The molecule has 1 aromatic carbocycles. The van der Waals surface area contributed by atoms with E-state index < -0.39 is 23.2 Å². The fraction of sp³-hybridized carbons (Fsp3) is 0.533. The number of rotatable bonds is 4. The number of hydrogen-bond donors (Lipinski definition) is 2. The van der Waals surface area contributed by atoms with E-state index in [2.05, 4.69) is 10.2 Å². The van der Waals surface area contributed by atoms with E-state index in [9.17, 15) is 13.6 Å². The molecule has 1 fully saturated rings. The molecule has 116 valence electrons. The maximum atomic E-state index is 13.4. The third-order valence-corrected chi connectivity index (χ3v) is 4.40. The van der Waals surface area contributed by atoms with Crippen LogP contribution in [0.2, 0.25) is 0 Å². The monoisotopic (exact) mass is 297 g/mol. The quantitative estimate of drug-likeness (QED) is 0.837. The van der Waals surface area contributed by atoms with Crippen LogP contribution in [0.5, 0.6) is 0 Å². The minimum absolute atomic E-state index is 0.0499. The van der Waals surface area contributed by atoms with E-state index in [1.807, 2.05) is 14.1 Å². The van der Waals surface area contributed by atoms with E-state index in [1.54, 1.807) is 0 Å². The largest absolute Gasteiger partial charge is 0.394 e. The number of likely N-dealkylation sites (N-methyl/N-ethyl adjacent to an activating group) is 1. The molecule has 1 aromatic rings. The predicted octanol–water partition coefficient (Wildman–Crippen LogP) is 2.15. The van der Waals surface area contributed by atoms with E-state index in [0.717, 1.165) is 37.8 Å². The number of anilines is 1. The van der Waals surface area contributed by atoms with Gasteiger partial charge < -0.3 is 16.0 Å². The number of carbonyl (C=O) groups is 1. The zero-order valence-electron chi connectivity index (χ0n) is 12.4. The molecule has 1 aliphatic rings. The zero-order valence-corrected chi connectivity index (χ0v) is 12.4. The first-order chi connectivity index (χ1) is 9.85. The highest BCUT2D eigenvalue weighted by Crippen LogP contribution is 2.33. The summed E-state index contributed by atoms with van der Waals surface area (Å²) in [7, 11) is 3.97. The van der Waals surface area contributed by atoms with Gasteiger partial charge in [-0.2, -0.15) is 0 Å². The number of nitrogens with zero attached hydrogens (tertiary/aromatic N) is 1. The molecule has 6 heteroatoms. The lowest BCUT2D eigenvalue weighted by molar-refractivity contribution is 0.0899. The van der Waals surface area contributed by atoms with Crippen LogP contribution < -0.4 is 11.1 Å². The zero-order chi connectivity index (χ0) is 15.6.